The molecule has 1 aliphatic rings. The Bertz CT molecular complexity index is 1110. The lowest BCUT2D eigenvalue weighted by Gasteiger charge is -2.40. The molecule has 32 heavy (non-hydrogen) atoms. The molecule has 8 heteroatoms. The third-order valence-electron chi connectivity index (χ3n) is 6.12. The maximum atomic E-state index is 13.3. The molecular weight excluding hydrogens is 406 g/mol. The van der Waals surface area contributed by atoms with Gasteiger partial charge >= 0.3 is 0 Å². The van der Waals surface area contributed by atoms with Crippen LogP contribution in [0, 0.1) is 6.92 Å². The fraction of sp³-hybridized carbons (Fsp3) is 0.375. The van der Waals surface area contributed by atoms with Crippen LogP contribution in [0.3, 0.4) is 0 Å². The Balaban J connectivity index is 1.48. The van der Waals surface area contributed by atoms with Gasteiger partial charge in [0.1, 0.15) is 11.9 Å². The van der Waals surface area contributed by atoms with Gasteiger partial charge in [0.2, 0.25) is 5.91 Å². The van der Waals surface area contributed by atoms with Crippen molar-refractivity contribution in [1.29, 1.82) is 0 Å². The van der Waals surface area contributed by atoms with Gasteiger partial charge in [-0.3, -0.25) is 14.5 Å². The molecule has 3 aromatic rings. The average molecular weight is 436 g/mol. The fourth-order valence-electron chi connectivity index (χ4n) is 4.39. The molecule has 0 radical (unpaired) electrons. The molecule has 1 fully saturated rings. The van der Waals surface area contributed by atoms with E-state index in [2.05, 4.69) is 22.0 Å². The predicted octanol–water partition coefficient (Wildman–Crippen LogP) is 1.19. The van der Waals surface area contributed by atoms with Gasteiger partial charge in [-0.1, -0.05) is 30.3 Å². The second kappa shape index (κ2) is 9.50. The van der Waals surface area contributed by atoms with Gasteiger partial charge in [-0.2, -0.15) is 0 Å². The number of primary amides is 1. The molecule has 4 rings (SSSR count). The van der Waals surface area contributed by atoms with E-state index in [0.717, 1.165) is 24.3 Å². The van der Waals surface area contributed by atoms with Crippen molar-refractivity contribution in [3.8, 4) is 0 Å². The Morgan fingerprint density at radius 1 is 1.12 bits per heavy atom. The Kier molecular flexibility index (Phi) is 6.53. The largest absolute Gasteiger partial charge is 0.395 e. The number of aryl methyl sites for hydroxylation is 1. The van der Waals surface area contributed by atoms with E-state index in [0.29, 0.717) is 37.3 Å². The molecule has 0 aliphatic carbocycles. The fourth-order valence-corrected chi connectivity index (χ4v) is 4.39. The highest BCUT2D eigenvalue weighted by molar-refractivity contribution is 6.00. The number of nitrogens with two attached hydrogens (primary N) is 1. The number of aliphatic hydroxyl groups is 1. The van der Waals surface area contributed by atoms with Gasteiger partial charge in [0.25, 0.3) is 5.91 Å². The number of nitrogens with zero attached hydrogens (tertiary/aromatic N) is 4. The van der Waals surface area contributed by atoms with Crippen LogP contribution in [0.2, 0.25) is 0 Å². The van der Waals surface area contributed by atoms with Gasteiger partial charge in [-0.25, -0.2) is 4.98 Å². The zero-order valence-electron chi connectivity index (χ0n) is 18.3. The second-order valence-corrected chi connectivity index (χ2v) is 8.19. The minimum absolute atomic E-state index is 0.0157. The highest BCUT2D eigenvalue weighted by Crippen LogP contribution is 2.21. The summed E-state index contributed by atoms with van der Waals surface area (Å²) in [4.78, 5) is 33.8. The summed E-state index contributed by atoms with van der Waals surface area (Å²) in [6.45, 7) is 4.71. The summed E-state index contributed by atoms with van der Waals surface area (Å²) < 4.78 is 1.92. The van der Waals surface area contributed by atoms with E-state index in [1.165, 1.54) is 5.56 Å². The number of imidazole rings is 1. The standard InChI is InChI=1S/C24H29N5O3/c1-17-26-20-15-19(7-8-21(20)28(17)13-14-30)24(32)29-12-11-27(16-22(29)23(25)31)10-9-18-5-3-2-4-6-18/h2-8,15,22,30H,9-14,16H2,1H3,(H2,25,31)/t22-/m1/s1. The number of hydrogen-bond acceptors (Lipinski definition) is 5. The number of aromatic nitrogens is 2. The molecule has 0 bridgehead atoms. The van der Waals surface area contributed by atoms with Crippen molar-refractivity contribution >= 4 is 22.8 Å². The van der Waals surface area contributed by atoms with Crippen LogP contribution in [-0.4, -0.2) is 75.1 Å². The SMILES string of the molecule is Cc1nc2cc(C(=O)N3CCN(CCc4ccccc4)C[C@@H]3C(N)=O)ccc2n1CCO. The van der Waals surface area contributed by atoms with Crippen LogP contribution >= 0.6 is 0 Å². The summed E-state index contributed by atoms with van der Waals surface area (Å²) in [5, 5.41) is 9.28. The zero-order valence-corrected chi connectivity index (χ0v) is 18.3. The van der Waals surface area contributed by atoms with E-state index in [1.807, 2.05) is 35.8 Å². The molecule has 0 spiro atoms. The summed E-state index contributed by atoms with van der Waals surface area (Å²) in [5.74, 6) is 0.0698. The minimum Gasteiger partial charge on any atom is -0.395 e. The monoisotopic (exact) mass is 435 g/mol. The van der Waals surface area contributed by atoms with E-state index in [1.54, 1.807) is 17.0 Å². The number of carbonyl (C=O) groups excluding carboxylic acids is 2. The molecule has 0 saturated carbocycles. The molecule has 2 heterocycles. The van der Waals surface area contributed by atoms with Crippen molar-refractivity contribution in [2.24, 2.45) is 5.73 Å². The first-order valence-electron chi connectivity index (χ1n) is 10.9. The molecular formula is C24H29N5O3. The Morgan fingerprint density at radius 2 is 1.91 bits per heavy atom. The van der Waals surface area contributed by atoms with E-state index in [-0.39, 0.29) is 12.5 Å². The lowest BCUT2D eigenvalue weighted by molar-refractivity contribution is -0.124. The second-order valence-electron chi connectivity index (χ2n) is 8.19. The van der Waals surface area contributed by atoms with Crippen molar-refractivity contribution in [2.45, 2.75) is 25.9 Å². The van der Waals surface area contributed by atoms with Gasteiger partial charge in [-0.15, -0.1) is 0 Å². The summed E-state index contributed by atoms with van der Waals surface area (Å²) in [7, 11) is 0. The van der Waals surface area contributed by atoms with Crippen LogP contribution in [0.15, 0.2) is 48.5 Å². The topological polar surface area (TPSA) is 105 Å². The number of piperazine rings is 1. The minimum atomic E-state index is -0.670. The number of rotatable bonds is 7. The summed E-state index contributed by atoms with van der Waals surface area (Å²) in [5.41, 5.74) is 8.97. The Morgan fingerprint density at radius 3 is 2.62 bits per heavy atom. The highest BCUT2D eigenvalue weighted by Gasteiger charge is 2.34. The quantitative estimate of drug-likeness (QED) is 0.580. The van der Waals surface area contributed by atoms with Gasteiger partial charge in [0.15, 0.2) is 0 Å². The number of aliphatic hydroxyl groups excluding tert-OH is 1. The number of benzene rings is 2. The van der Waals surface area contributed by atoms with Crippen LogP contribution in [-0.2, 0) is 17.8 Å². The molecule has 1 aromatic heterocycles. The molecule has 2 amide bonds. The summed E-state index contributed by atoms with van der Waals surface area (Å²) >= 11 is 0. The predicted molar refractivity (Wildman–Crippen MR) is 122 cm³/mol. The third kappa shape index (κ3) is 4.51. The van der Waals surface area contributed by atoms with Crippen molar-refractivity contribution in [3.63, 3.8) is 0 Å². The lowest BCUT2D eigenvalue weighted by atomic mass is 10.1. The molecule has 1 saturated heterocycles. The van der Waals surface area contributed by atoms with Crippen molar-refractivity contribution in [1.82, 2.24) is 19.4 Å². The molecule has 3 N–H and O–H groups in total. The molecule has 2 aromatic carbocycles. The Labute approximate surface area is 187 Å². The van der Waals surface area contributed by atoms with Crippen molar-refractivity contribution in [2.75, 3.05) is 32.8 Å². The molecule has 8 nitrogen and oxygen atoms in total. The molecule has 168 valence electrons. The van der Waals surface area contributed by atoms with Gasteiger partial charge in [-0.05, 0) is 37.1 Å². The first-order chi connectivity index (χ1) is 15.5. The normalized spacial score (nSPS) is 17.1. The number of fused-ring (bicyclic) bond motifs is 1. The third-order valence-corrected chi connectivity index (χ3v) is 6.12. The van der Waals surface area contributed by atoms with Crippen LogP contribution in [0.5, 0.6) is 0 Å². The van der Waals surface area contributed by atoms with E-state index in [9.17, 15) is 14.7 Å². The number of hydrogen-bond donors (Lipinski definition) is 2. The smallest absolute Gasteiger partial charge is 0.254 e. The highest BCUT2D eigenvalue weighted by atomic mass is 16.3. The van der Waals surface area contributed by atoms with Gasteiger partial charge < -0.3 is 20.3 Å². The van der Waals surface area contributed by atoms with E-state index >= 15 is 0 Å². The molecule has 0 unspecified atom stereocenters. The van der Waals surface area contributed by atoms with Gasteiger partial charge in [0, 0.05) is 38.3 Å². The van der Waals surface area contributed by atoms with E-state index < -0.39 is 11.9 Å². The zero-order chi connectivity index (χ0) is 22.7. The first-order valence-corrected chi connectivity index (χ1v) is 10.9. The molecule has 1 atom stereocenters. The van der Waals surface area contributed by atoms with Crippen molar-refractivity contribution in [3.05, 3.63) is 65.5 Å². The summed E-state index contributed by atoms with van der Waals surface area (Å²) in [6.07, 6.45) is 0.882. The Hall–Kier alpha value is -3.23. The maximum Gasteiger partial charge on any atom is 0.254 e. The first kappa shape index (κ1) is 22.0. The van der Waals surface area contributed by atoms with Crippen LogP contribution < -0.4 is 5.73 Å². The van der Waals surface area contributed by atoms with Crippen LogP contribution in [0.25, 0.3) is 11.0 Å². The average Bonchev–Trinajstić information content (AvgIpc) is 3.12. The maximum absolute atomic E-state index is 13.3. The summed E-state index contributed by atoms with van der Waals surface area (Å²) in [6, 6.07) is 14.9. The van der Waals surface area contributed by atoms with Crippen molar-refractivity contribution < 1.29 is 14.7 Å². The lowest BCUT2D eigenvalue weighted by Crippen LogP contribution is -2.60. The number of amides is 2. The van der Waals surface area contributed by atoms with Gasteiger partial charge in [0.05, 0.1) is 17.6 Å². The van der Waals surface area contributed by atoms with E-state index in [4.69, 9.17) is 5.73 Å². The van der Waals surface area contributed by atoms with Crippen LogP contribution in [0.4, 0.5) is 0 Å². The number of carbonyl (C=O) groups is 2. The molecule has 1 aliphatic heterocycles. The van der Waals surface area contributed by atoms with Crippen LogP contribution in [0.1, 0.15) is 21.7 Å².